The van der Waals surface area contributed by atoms with E-state index in [1.807, 2.05) is 0 Å². The first-order chi connectivity index (χ1) is 19.6. The Hall–Kier alpha value is -4.11. The summed E-state index contributed by atoms with van der Waals surface area (Å²) in [6.45, 7) is 8.00. The largest absolute Gasteiger partial charge is 0.508 e. The number of aliphatic hydroxyl groups is 3. The Morgan fingerprint density at radius 1 is 1.00 bits per heavy atom. The van der Waals surface area contributed by atoms with Crippen LogP contribution in [0.5, 0.6) is 17.2 Å². The zero-order chi connectivity index (χ0) is 31.1. The summed E-state index contributed by atoms with van der Waals surface area (Å²) in [5.41, 5.74) is -4.18. The van der Waals surface area contributed by atoms with Crippen LogP contribution in [0, 0.1) is 22.7 Å². The minimum absolute atomic E-state index is 0.0136. The summed E-state index contributed by atoms with van der Waals surface area (Å²) in [4.78, 5) is 40.6. The molecule has 1 saturated carbocycles. The van der Waals surface area contributed by atoms with Gasteiger partial charge in [-0.15, -0.1) is 0 Å². The van der Waals surface area contributed by atoms with E-state index >= 15 is 0 Å². The second kappa shape index (κ2) is 9.46. The van der Waals surface area contributed by atoms with Crippen molar-refractivity contribution in [3.63, 3.8) is 0 Å². The van der Waals surface area contributed by atoms with Crippen LogP contribution < -0.4 is 9.47 Å². The van der Waals surface area contributed by atoms with Crippen LogP contribution in [-0.4, -0.2) is 57.6 Å². The standard InChI is InChI=1S/C33H36O9/c1-15(2)25-27(36)23(16(3)34)29(38)33(40)30(39)26-28(37)24-20(13-31(26,4)14-32(25,33)5)18(10-11-21(24)35)19-9-8-17(41-6)12-22(19)42-7/h8-12,15,25,35,37-38,40H,13-14H2,1-7H3/t25?,31-,32-,33+/m1/s1. The van der Waals surface area contributed by atoms with Crippen molar-refractivity contribution >= 4 is 23.1 Å². The molecule has 2 aromatic rings. The maximum Gasteiger partial charge on any atom is 0.203 e. The number of hydrogen-bond acceptors (Lipinski definition) is 9. The molecule has 3 aliphatic rings. The maximum atomic E-state index is 14.4. The van der Waals surface area contributed by atoms with Gasteiger partial charge in [0.1, 0.15) is 34.3 Å². The van der Waals surface area contributed by atoms with Gasteiger partial charge < -0.3 is 29.9 Å². The first-order valence-electron chi connectivity index (χ1n) is 13.9. The van der Waals surface area contributed by atoms with Crippen LogP contribution in [0.3, 0.4) is 0 Å². The quantitative estimate of drug-likeness (QED) is 0.365. The van der Waals surface area contributed by atoms with Crippen LogP contribution in [0.15, 0.2) is 47.2 Å². The molecule has 4 atom stereocenters. The van der Waals surface area contributed by atoms with Crippen LogP contribution in [0.25, 0.3) is 16.9 Å². The van der Waals surface area contributed by atoms with Crippen LogP contribution in [-0.2, 0) is 20.8 Å². The number of allylic oxidation sites excluding steroid dienone is 1. The van der Waals surface area contributed by atoms with Crippen molar-refractivity contribution in [2.75, 3.05) is 14.2 Å². The Balaban J connectivity index is 1.82. The maximum absolute atomic E-state index is 14.4. The van der Waals surface area contributed by atoms with E-state index in [1.165, 1.54) is 20.3 Å². The number of ether oxygens (including phenoxy) is 2. The van der Waals surface area contributed by atoms with Gasteiger partial charge in [0, 0.05) is 34.0 Å². The lowest BCUT2D eigenvalue weighted by Gasteiger charge is -2.59. The molecular formula is C33H36O9. The third kappa shape index (κ3) is 3.62. The lowest BCUT2D eigenvalue weighted by Crippen LogP contribution is -2.69. The molecule has 0 amide bonds. The zero-order valence-corrected chi connectivity index (χ0v) is 24.8. The Labute approximate surface area is 244 Å². The van der Waals surface area contributed by atoms with Gasteiger partial charge in [-0.3, -0.25) is 14.4 Å². The first-order valence-corrected chi connectivity index (χ1v) is 13.9. The number of fused-ring (bicyclic) bond motifs is 3. The highest BCUT2D eigenvalue weighted by Gasteiger charge is 2.72. The highest BCUT2D eigenvalue weighted by Crippen LogP contribution is 2.65. The van der Waals surface area contributed by atoms with Crippen molar-refractivity contribution in [1.82, 2.24) is 0 Å². The molecule has 0 aromatic heterocycles. The van der Waals surface area contributed by atoms with Crippen molar-refractivity contribution in [1.29, 1.82) is 0 Å². The predicted molar refractivity (Wildman–Crippen MR) is 154 cm³/mol. The minimum atomic E-state index is -2.65. The number of ketones is 3. The van der Waals surface area contributed by atoms with Gasteiger partial charge in [-0.1, -0.05) is 33.8 Å². The van der Waals surface area contributed by atoms with Gasteiger partial charge in [0.15, 0.2) is 17.2 Å². The number of rotatable bonds is 5. The van der Waals surface area contributed by atoms with Gasteiger partial charge in [-0.05, 0) is 55.0 Å². The second-order valence-corrected chi connectivity index (χ2v) is 12.5. The number of carbonyl (C=O) groups is 3. The van der Waals surface area contributed by atoms with Crippen molar-refractivity contribution in [2.24, 2.45) is 22.7 Å². The summed E-state index contributed by atoms with van der Waals surface area (Å²) < 4.78 is 11.0. The van der Waals surface area contributed by atoms with E-state index in [1.54, 1.807) is 52.0 Å². The van der Waals surface area contributed by atoms with Gasteiger partial charge in [0.2, 0.25) is 5.78 Å². The van der Waals surface area contributed by atoms with E-state index in [4.69, 9.17) is 9.47 Å². The fourth-order valence-corrected chi connectivity index (χ4v) is 7.99. The fraction of sp³-hybridized carbons (Fsp3) is 0.424. The molecule has 5 rings (SSSR count). The Morgan fingerprint density at radius 3 is 2.21 bits per heavy atom. The molecule has 0 spiro atoms. The summed E-state index contributed by atoms with van der Waals surface area (Å²) in [7, 11) is 3.06. The number of aliphatic hydroxyl groups excluding tert-OH is 2. The molecule has 0 radical (unpaired) electrons. The Kier molecular flexibility index (Phi) is 6.62. The zero-order valence-electron chi connectivity index (χ0n) is 24.8. The molecule has 0 saturated heterocycles. The third-order valence-electron chi connectivity index (χ3n) is 9.59. The SMILES string of the molecule is COc1ccc(-c2ccc(O)c3c2C[C@]2(C)C[C@]4(C)C(C(C)C)C(=O)C(C(C)=O)=C(O)[C@]4(O)C(=O)C2=C3O)c(OC)c1. The van der Waals surface area contributed by atoms with Gasteiger partial charge in [-0.2, -0.15) is 0 Å². The lowest BCUT2D eigenvalue weighted by atomic mass is 9.43. The number of benzene rings is 2. The number of Topliss-reactive ketones (excluding diaryl/α,β-unsaturated/α-hetero) is 3. The fourth-order valence-electron chi connectivity index (χ4n) is 7.99. The molecule has 3 aliphatic carbocycles. The number of phenolic OH excluding ortho intramolecular Hbond substituents is 1. The molecule has 2 aromatic carbocycles. The predicted octanol–water partition coefficient (Wildman–Crippen LogP) is 4.87. The second-order valence-electron chi connectivity index (χ2n) is 12.5. The van der Waals surface area contributed by atoms with Gasteiger partial charge in [0.25, 0.3) is 0 Å². The third-order valence-corrected chi connectivity index (χ3v) is 9.59. The Bertz CT molecular complexity index is 1630. The average molecular weight is 577 g/mol. The topological polar surface area (TPSA) is 151 Å². The number of methoxy groups -OCH3 is 2. The molecule has 9 nitrogen and oxygen atoms in total. The first kappa shape index (κ1) is 29.4. The van der Waals surface area contributed by atoms with E-state index in [0.29, 0.717) is 28.2 Å². The number of aromatic hydroxyl groups is 1. The molecule has 1 unspecified atom stereocenters. The van der Waals surface area contributed by atoms with Gasteiger partial charge in [0.05, 0.1) is 19.8 Å². The van der Waals surface area contributed by atoms with Crippen LogP contribution in [0.4, 0.5) is 0 Å². The van der Waals surface area contributed by atoms with Crippen molar-refractivity contribution < 1.29 is 44.3 Å². The van der Waals surface area contributed by atoms with Crippen LogP contribution in [0.2, 0.25) is 0 Å². The Morgan fingerprint density at radius 2 is 1.64 bits per heavy atom. The average Bonchev–Trinajstić information content (AvgIpc) is 2.90. The van der Waals surface area contributed by atoms with E-state index < -0.39 is 62.7 Å². The summed E-state index contributed by atoms with van der Waals surface area (Å²) in [6.07, 6.45) is 0.168. The molecular weight excluding hydrogens is 540 g/mol. The summed E-state index contributed by atoms with van der Waals surface area (Å²) in [6, 6.07) is 8.39. The molecule has 9 heteroatoms. The molecule has 4 N–H and O–H groups in total. The molecule has 222 valence electrons. The lowest BCUT2D eigenvalue weighted by molar-refractivity contribution is -0.178. The van der Waals surface area contributed by atoms with Crippen LogP contribution in [0.1, 0.15) is 52.2 Å². The van der Waals surface area contributed by atoms with E-state index in [-0.39, 0.29) is 29.7 Å². The van der Waals surface area contributed by atoms with Crippen LogP contribution >= 0.6 is 0 Å². The number of hydrogen-bond donors (Lipinski definition) is 4. The van der Waals surface area contributed by atoms with Gasteiger partial charge >= 0.3 is 0 Å². The smallest absolute Gasteiger partial charge is 0.203 e. The highest BCUT2D eigenvalue weighted by molar-refractivity contribution is 6.24. The summed E-state index contributed by atoms with van der Waals surface area (Å²) in [5, 5.41) is 46.2. The molecule has 0 heterocycles. The molecule has 1 fully saturated rings. The van der Waals surface area contributed by atoms with Crippen molar-refractivity contribution in [3.8, 4) is 28.4 Å². The van der Waals surface area contributed by atoms with E-state index in [9.17, 15) is 34.8 Å². The molecule has 0 bridgehead atoms. The molecule has 42 heavy (non-hydrogen) atoms. The summed E-state index contributed by atoms with van der Waals surface area (Å²) >= 11 is 0. The minimum Gasteiger partial charge on any atom is -0.508 e. The van der Waals surface area contributed by atoms with Gasteiger partial charge in [-0.25, -0.2) is 0 Å². The highest BCUT2D eigenvalue weighted by atomic mass is 16.5. The normalized spacial score (nSPS) is 28.8. The number of phenols is 1. The molecule has 0 aliphatic heterocycles. The monoisotopic (exact) mass is 576 g/mol. The van der Waals surface area contributed by atoms with Crippen molar-refractivity contribution in [3.05, 3.63) is 58.4 Å². The van der Waals surface area contributed by atoms with Crippen molar-refractivity contribution in [2.45, 2.75) is 53.1 Å². The number of carbonyl (C=O) groups excluding carboxylic acids is 3. The van der Waals surface area contributed by atoms with E-state index in [0.717, 1.165) is 6.92 Å². The van der Waals surface area contributed by atoms with E-state index in [2.05, 4.69) is 0 Å². The summed E-state index contributed by atoms with van der Waals surface area (Å²) in [5.74, 6) is -4.47.